The van der Waals surface area contributed by atoms with E-state index in [0.29, 0.717) is 48.9 Å². The van der Waals surface area contributed by atoms with Crippen LogP contribution in [-0.2, 0) is 11.3 Å². The van der Waals surface area contributed by atoms with E-state index in [0.717, 1.165) is 24.8 Å². The average Bonchev–Trinajstić information content (AvgIpc) is 3.06. The van der Waals surface area contributed by atoms with Gasteiger partial charge < -0.3 is 35.2 Å². The summed E-state index contributed by atoms with van der Waals surface area (Å²) in [4.78, 5) is 42.2. The van der Waals surface area contributed by atoms with Gasteiger partial charge in [-0.25, -0.2) is 9.59 Å². The Hall–Kier alpha value is -4.45. The molecular weight excluding hydrogens is 612 g/mol. The highest BCUT2D eigenvalue weighted by Crippen LogP contribution is 2.29. The molecule has 0 spiro atoms. The van der Waals surface area contributed by atoms with Crippen LogP contribution in [0.2, 0.25) is 0 Å². The van der Waals surface area contributed by atoms with Gasteiger partial charge in [-0.1, -0.05) is 37.3 Å². The zero-order chi connectivity index (χ0) is 34.6. The number of rotatable bonds is 9. The number of nitrogens with one attached hydrogen (secondary N) is 2. The third-order valence-electron chi connectivity index (χ3n) is 8.49. The minimum absolute atomic E-state index is 0.107. The molecule has 0 aliphatic carbocycles. The first kappa shape index (κ1) is 36.4. The van der Waals surface area contributed by atoms with Gasteiger partial charge >= 0.3 is 12.0 Å². The van der Waals surface area contributed by atoms with Crippen LogP contribution in [-0.4, -0.2) is 89.5 Å². The number of para-hydroxylation sites is 1. The number of aromatic carboxylic acids is 1. The maximum Gasteiger partial charge on any atom is 0.335 e. The molecule has 0 unspecified atom stereocenters. The fourth-order valence-corrected chi connectivity index (χ4v) is 5.71. The first-order chi connectivity index (χ1) is 23.0. The van der Waals surface area contributed by atoms with Gasteiger partial charge in [0.2, 0.25) is 0 Å². The lowest BCUT2D eigenvalue weighted by molar-refractivity contribution is -0.0177. The number of carboxylic acids is 1. The molecule has 4 N–H and O–H groups in total. The van der Waals surface area contributed by atoms with Gasteiger partial charge in [-0.05, 0) is 88.2 Å². The summed E-state index contributed by atoms with van der Waals surface area (Å²) < 4.78 is 12.7. The van der Waals surface area contributed by atoms with Gasteiger partial charge in [0.1, 0.15) is 5.75 Å². The second-order valence-electron chi connectivity index (χ2n) is 12.7. The molecular formula is C37H48N4O7. The van der Waals surface area contributed by atoms with Crippen molar-refractivity contribution in [2.45, 2.75) is 64.8 Å². The third-order valence-corrected chi connectivity index (χ3v) is 8.49. The summed E-state index contributed by atoms with van der Waals surface area (Å²) in [5.41, 5.74) is 2.58. The van der Waals surface area contributed by atoms with Crippen LogP contribution < -0.4 is 15.4 Å². The molecule has 3 aromatic rings. The molecule has 258 valence electrons. The van der Waals surface area contributed by atoms with Crippen molar-refractivity contribution in [2.24, 2.45) is 5.92 Å². The second kappa shape index (κ2) is 17.6. The lowest BCUT2D eigenvalue weighted by Crippen LogP contribution is -2.47. The molecule has 0 saturated heterocycles. The summed E-state index contributed by atoms with van der Waals surface area (Å²) in [6.45, 7) is 7.63. The Morgan fingerprint density at radius 1 is 1.00 bits per heavy atom. The lowest BCUT2D eigenvalue weighted by Gasteiger charge is -2.36. The van der Waals surface area contributed by atoms with Crippen molar-refractivity contribution in [2.75, 3.05) is 44.0 Å². The molecule has 48 heavy (non-hydrogen) atoms. The van der Waals surface area contributed by atoms with E-state index in [-0.39, 0.29) is 36.2 Å². The molecule has 4 rings (SSSR count). The Labute approximate surface area is 282 Å². The van der Waals surface area contributed by atoms with Crippen LogP contribution in [0.25, 0.3) is 0 Å². The number of urea groups is 1. The summed E-state index contributed by atoms with van der Waals surface area (Å²) in [5, 5.41) is 25.1. The molecule has 0 aromatic heterocycles. The molecule has 0 fully saturated rings. The van der Waals surface area contributed by atoms with Crippen LogP contribution in [0.3, 0.4) is 0 Å². The van der Waals surface area contributed by atoms with Crippen molar-refractivity contribution < 1.29 is 34.1 Å². The van der Waals surface area contributed by atoms with Crippen LogP contribution in [0.1, 0.15) is 66.3 Å². The highest BCUT2D eigenvalue weighted by atomic mass is 16.5. The predicted octanol–water partition coefficient (Wildman–Crippen LogP) is 5.96. The number of fused-ring (bicyclic) bond motifs is 1. The maximum atomic E-state index is 14.3. The highest BCUT2D eigenvalue weighted by Gasteiger charge is 2.30. The number of hydrogen-bond donors (Lipinski definition) is 4. The minimum atomic E-state index is -0.960. The molecule has 0 bridgehead atoms. The molecule has 4 atom stereocenters. The summed E-state index contributed by atoms with van der Waals surface area (Å²) in [5.74, 6) is -0.968. The molecule has 11 nitrogen and oxygen atoms in total. The lowest BCUT2D eigenvalue weighted by atomic mass is 10.0. The smallest absolute Gasteiger partial charge is 0.335 e. The molecule has 11 heteroatoms. The van der Waals surface area contributed by atoms with E-state index in [1.54, 1.807) is 54.3 Å². The monoisotopic (exact) mass is 660 g/mol. The Bertz CT molecular complexity index is 1500. The summed E-state index contributed by atoms with van der Waals surface area (Å²) in [7, 11) is 1.99. The quantitative estimate of drug-likeness (QED) is 0.221. The zero-order valence-electron chi connectivity index (χ0n) is 28.2. The van der Waals surface area contributed by atoms with Gasteiger partial charge in [0.25, 0.3) is 5.91 Å². The topological polar surface area (TPSA) is 141 Å². The SMILES string of the molecule is C[C@@H]1CN([C@H](C)CO)C(=O)c2cc(NC(=O)Nc3ccccc3)ccc2O[C@@H](C)CCCCO[C@@H]1CN(C)Cc1ccc(C(=O)O)cc1. The largest absolute Gasteiger partial charge is 0.490 e. The van der Waals surface area contributed by atoms with E-state index in [1.165, 1.54) is 0 Å². The molecule has 3 amide bonds. The van der Waals surface area contributed by atoms with Crippen molar-refractivity contribution in [1.29, 1.82) is 0 Å². The Morgan fingerprint density at radius 3 is 2.40 bits per heavy atom. The van der Waals surface area contributed by atoms with Gasteiger partial charge in [0.15, 0.2) is 0 Å². The van der Waals surface area contributed by atoms with E-state index >= 15 is 0 Å². The number of hydrogen-bond acceptors (Lipinski definition) is 7. The summed E-state index contributed by atoms with van der Waals surface area (Å²) in [6, 6.07) is 20.0. The highest BCUT2D eigenvalue weighted by molar-refractivity contribution is 6.02. The van der Waals surface area contributed by atoms with Crippen molar-refractivity contribution in [3.63, 3.8) is 0 Å². The van der Waals surface area contributed by atoms with Crippen LogP contribution in [0.15, 0.2) is 72.8 Å². The summed E-state index contributed by atoms with van der Waals surface area (Å²) in [6.07, 6.45) is 2.10. The number of likely N-dealkylation sites (N-methyl/N-ethyl adjacent to an activating group) is 1. The number of benzene rings is 3. The van der Waals surface area contributed by atoms with E-state index in [4.69, 9.17) is 9.47 Å². The molecule has 1 aliphatic rings. The first-order valence-electron chi connectivity index (χ1n) is 16.5. The number of aliphatic hydroxyl groups excluding tert-OH is 1. The number of carbonyl (C=O) groups is 3. The van der Waals surface area contributed by atoms with Gasteiger partial charge in [-0.2, -0.15) is 0 Å². The predicted molar refractivity (Wildman–Crippen MR) is 186 cm³/mol. The minimum Gasteiger partial charge on any atom is -0.490 e. The Morgan fingerprint density at radius 2 is 1.71 bits per heavy atom. The Balaban J connectivity index is 1.57. The summed E-state index contributed by atoms with van der Waals surface area (Å²) >= 11 is 0. The van der Waals surface area contributed by atoms with Crippen LogP contribution >= 0.6 is 0 Å². The van der Waals surface area contributed by atoms with Crippen molar-refractivity contribution >= 4 is 29.3 Å². The van der Waals surface area contributed by atoms with Crippen molar-refractivity contribution in [3.05, 3.63) is 89.5 Å². The van der Waals surface area contributed by atoms with E-state index in [9.17, 15) is 24.6 Å². The van der Waals surface area contributed by atoms with Gasteiger partial charge in [-0.3, -0.25) is 9.69 Å². The third kappa shape index (κ3) is 10.5. The standard InChI is InChI=1S/C37H48N4O7/c1-25-21-41(26(2)24-42)35(43)32-20-31(39-37(46)38-30-11-6-5-7-12-30)17-18-33(32)48-27(3)10-8-9-19-47-34(25)23-40(4)22-28-13-15-29(16-14-28)36(44)45/h5-7,11-18,20,25-27,34,42H,8-10,19,21-24H2,1-4H3,(H,44,45)(H2,38,39,46)/t25-,26-,27+,34-/m1/s1. The first-order valence-corrected chi connectivity index (χ1v) is 16.5. The number of amides is 3. The number of carboxylic acid groups (broad SMARTS) is 1. The van der Waals surface area contributed by atoms with Crippen molar-refractivity contribution in [3.8, 4) is 5.75 Å². The molecule has 0 saturated carbocycles. The molecule has 1 aliphatic heterocycles. The fourth-order valence-electron chi connectivity index (χ4n) is 5.71. The second-order valence-corrected chi connectivity index (χ2v) is 12.7. The van der Waals surface area contributed by atoms with Crippen LogP contribution in [0.4, 0.5) is 16.2 Å². The van der Waals surface area contributed by atoms with Crippen molar-refractivity contribution in [1.82, 2.24) is 9.80 Å². The average molecular weight is 661 g/mol. The van der Waals surface area contributed by atoms with Gasteiger partial charge in [0, 0.05) is 43.5 Å². The number of ether oxygens (including phenoxy) is 2. The molecule has 0 radical (unpaired) electrons. The number of carbonyl (C=O) groups excluding carboxylic acids is 2. The Kier molecular flexibility index (Phi) is 13.4. The van der Waals surface area contributed by atoms with Crippen LogP contribution in [0.5, 0.6) is 5.75 Å². The zero-order valence-corrected chi connectivity index (χ0v) is 28.2. The fraction of sp³-hybridized carbons (Fsp3) is 0.432. The van der Waals surface area contributed by atoms with E-state index in [2.05, 4.69) is 15.5 Å². The molecule has 3 aromatic carbocycles. The number of nitrogens with zero attached hydrogens (tertiary/aromatic N) is 2. The van der Waals surface area contributed by atoms with Crippen LogP contribution in [0, 0.1) is 5.92 Å². The molecule has 1 heterocycles. The van der Waals surface area contributed by atoms with Gasteiger partial charge in [0.05, 0.1) is 36.0 Å². The van der Waals surface area contributed by atoms with E-state index in [1.807, 2.05) is 51.2 Å². The number of aliphatic hydroxyl groups is 1. The maximum absolute atomic E-state index is 14.3. The number of anilines is 2. The van der Waals surface area contributed by atoms with E-state index < -0.39 is 18.0 Å². The normalized spacial score (nSPS) is 19.8. The van der Waals surface area contributed by atoms with Gasteiger partial charge in [-0.15, -0.1) is 0 Å².